The van der Waals surface area contributed by atoms with E-state index in [0.717, 1.165) is 44.9 Å². The molecule has 0 radical (unpaired) electrons. The van der Waals surface area contributed by atoms with Gasteiger partial charge < -0.3 is 45.4 Å². The monoisotopic (exact) mass is 828 g/mol. The van der Waals surface area contributed by atoms with Crippen LogP contribution in [0, 0.1) is 0 Å². The van der Waals surface area contributed by atoms with Gasteiger partial charge in [0.05, 0.1) is 25.4 Å². The first-order chi connectivity index (χ1) is 28.3. The summed E-state index contributed by atoms with van der Waals surface area (Å²) in [7, 11) is 0. The maximum atomic E-state index is 13.0. The molecule has 0 aliphatic carbocycles. The number of aliphatic hydroxyl groups is 6. The molecule has 7 N–H and O–H groups in total. The van der Waals surface area contributed by atoms with E-state index in [2.05, 4.69) is 19.2 Å². The molecule has 1 amide bonds. The number of nitrogens with one attached hydrogen (secondary N) is 1. The molecule has 0 aromatic heterocycles. The van der Waals surface area contributed by atoms with Gasteiger partial charge in [0.15, 0.2) is 6.29 Å². The van der Waals surface area contributed by atoms with Gasteiger partial charge in [-0.1, -0.05) is 219 Å². The predicted molar refractivity (Wildman–Crippen MR) is 237 cm³/mol. The van der Waals surface area contributed by atoms with E-state index in [1.807, 2.05) is 6.08 Å². The van der Waals surface area contributed by atoms with Gasteiger partial charge in [0.25, 0.3) is 0 Å². The normalized spacial score (nSPS) is 21.4. The second-order valence-electron chi connectivity index (χ2n) is 17.4. The number of aliphatic hydroxyl groups excluding tert-OH is 6. The fraction of sp³-hybridized carbons (Fsp3) is 0.938. The van der Waals surface area contributed by atoms with Gasteiger partial charge in [-0.15, -0.1) is 0 Å². The molecule has 1 fully saturated rings. The second kappa shape index (κ2) is 38.8. The molecule has 10 heteroatoms. The average Bonchev–Trinajstić information content (AvgIpc) is 3.22. The lowest BCUT2D eigenvalue weighted by Gasteiger charge is -2.40. The zero-order chi connectivity index (χ0) is 42.5. The van der Waals surface area contributed by atoms with Crippen LogP contribution in [0.4, 0.5) is 0 Å². The number of rotatable bonds is 41. The van der Waals surface area contributed by atoms with Gasteiger partial charge in [0.1, 0.15) is 30.5 Å². The molecule has 1 heterocycles. The topological polar surface area (TPSA) is 169 Å². The van der Waals surface area contributed by atoms with Crippen molar-refractivity contribution in [2.45, 2.75) is 275 Å². The number of ether oxygens (including phenoxy) is 2. The molecule has 1 rings (SSSR count). The first-order valence-corrected chi connectivity index (χ1v) is 24.5. The van der Waals surface area contributed by atoms with Crippen molar-refractivity contribution in [3.8, 4) is 0 Å². The number of carbonyl (C=O) groups is 1. The van der Waals surface area contributed by atoms with Crippen LogP contribution >= 0.6 is 0 Å². The maximum Gasteiger partial charge on any atom is 0.249 e. The molecule has 10 nitrogen and oxygen atoms in total. The minimum Gasteiger partial charge on any atom is -0.394 e. The Morgan fingerprint density at radius 3 is 1.40 bits per heavy atom. The van der Waals surface area contributed by atoms with Crippen molar-refractivity contribution in [2.75, 3.05) is 13.2 Å². The predicted octanol–water partition coefficient (Wildman–Crippen LogP) is 9.48. The minimum atomic E-state index is -1.61. The van der Waals surface area contributed by atoms with E-state index in [1.165, 1.54) is 161 Å². The number of hydrogen-bond donors (Lipinski definition) is 7. The van der Waals surface area contributed by atoms with Crippen LogP contribution < -0.4 is 5.32 Å². The van der Waals surface area contributed by atoms with Crippen LogP contribution in [0.3, 0.4) is 0 Å². The van der Waals surface area contributed by atoms with Gasteiger partial charge in [-0.3, -0.25) is 4.79 Å². The summed E-state index contributed by atoms with van der Waals surface area (Å²) in [6.45, 7) is 3.62. The van der Waals surface area contributed by atoms with E-state index >= 15 is 0 Å². The summed E-state index contributed by atoms with van der Waals surface area (Å²) >= 11 is 0. The lowest BCUT2D eigenvalue weighted by molar-refractivity contribution is -0.302. The first-order valence-electron chi connectivity index (χ1n) is 24.5. The van der Waals surface area contributed by atoms with Crippen LogP contribution in [0.25, 0.3) is 0 Å². The van der Waals surface area contributed by atoms with Crippen molar-refractivity contribution in [2.24, 2.45) is 0 Å². The third-order valence-corrected chi connectivity index (χ3v) is 12.0. The van der Waals surface area contributed by atoms with Gasteiger partial charge in [0, 0.05) is 0 Å². The number of carbonyl (C=O) groups excluding carboxylic acids is 1. The molecule has 0 spiro atoms. The second-order valence-corrected chi connectivity index (χ2v) is 17.4. The summed E-state index contributed by atoms with van der Waals surface area (Å²) in [5.41, 5.74) is 0. The molecule has 1 aliphatic heterocycles. The summed E-state index contributed by atoms with van der Waals surface area (Å²) in [4.78, 5) is 13.0. The van der Waals surface area contributed by atoms with Crippen molar-refractivity contribution in [3.05, 3.63) is 12.2 Å². The molecule has 1 aliphatic rings. The molecule has 4 unspecified atom stereocenters. The Kier molecular flexibility index (Phi) is 36.7. The molecule has 0 aromatic rings. The van der Waals surface area contributed by atoms with E-state index in [-0.39, 0.29) is 6.61 Å². The highest BCUT2D eigenvalue weighted by molar-refractivity contribution is 5.80. The summed E-state index contributed by atoms with van der Waals surface area (Å²) < 4.78 is 11.1. The molecular formula is C48H93NO9. The van der Waals surface area contributed by atoms with Gasteiger partial charge in [0.2, 0.25) is 5.91 Å². The number of amides is 1. The van der Waals surface area contributed by atoms with Crippen molar-refractivity contribution >= 4 is 5.91 Å². The molecule has 1 saturated heterocycles. The third-order valence-electron chi connectivity index (χ3n) is 12.0. The van der Waals surface area contributed by atoms with Gasteiger partial charge in [-0.2, -0.15) is 0 Å². The smallest absolute Gasteiger partial charge is 0.249 e. The Labute approximate surface area is 355 Å². The number of unbranched alkanes of at least 4 members (excludes halogenated alkanes) is 30. The Morgan fingerprint density at radius 2 is 0.983 bits per heavy atom. The van der Waals surface area contributed by atoms with E-state index in [4.69, 9.17) is 9.47 Å². The van der Waals surface area contributed by atoms with Crippen LogP contribution in [0.5, 0.6) is 0 Å². The van der Waals surface area contributed by atoms with Crippen LogP contribution in [-0.4, -0.2) is 98.7 Å². The van der Waals surface area contributed by atoms with Crippen molar-refractivity contribution in [3.63, 3.8) is 0 Å². The standard InChI is InChI=1S/C48H93NO9/c1-3-5-7-9-11-13-15-17-18-19-20-21-22-23-25-27-29-31-33-35-37-42(52)47(56)49-40(39-57-48-46(55)45(54)44(53)43(38-50)58-48)41(51)36-34-32-30-28-26-24-16-14-12-10-8-6-4-2/h34,36,40-46,48,50-55H,3-33,35,37-39H2,1-2H3,(H,49,56)/b36-34+/t40?,41?,42?,43-,44+,45+,46-,48?/m1/s1. The van der Waals surface area contributed by atoms with E-state index in [1.54, 1.807) is 6.08 Å². The lowest BCUT2D eigenvalue weighted by atomic mass is 9.99. The molecule has 344 valence electrons. The molecule has 0 saturated carbocycles. The van der Waals surface area contributed by atoms with Crippen LogP contribution in [0.2, 0.25) is 0 Å². The molecule has 0 bridgehead atoms. The Bertz CT molecular complexity index is 937. The molecule has 0 aromatic carbocycles. The zero-order valence-electron chi connectivity index (χ0n) is 37.4. The van der Waals surface area contributed by atoms with E-state index in [9.17, 15) is 35.4 Å². The fourth-order valence-electron chi connectivity index (χ4n) is 7.93. The lowest BCUT2D eigenvalue weighted by Crippen LogP contribution is -2.60. The number of hydrogen-bond acceptors (Lipinski definition) is 9. The summed E-state index contributed by atoms with van der Waals surface area (Å²) in [6, 6.07) is -0.974. The van der Waals surface area contributed by atoms with Gasteiger partial charge in [-0.05, 0) is 19.3 Å². The fourth-order valence-corrected chi connectivity index (χ4v) is 7.93. The molecular weight excluding hydrogens is 735 g/mol. The third kappa shape index (κ3) is 28.4. The Balaban J connectivity index is 2.34. The van der Waals surface area contributed by atoms with Gasteiger partial charge >= 0.3 is 0 Å². The minimum absolute atomic E-state index is 0.301. The van der Waals surface area contributed by atoms with Crippen molar-refractivity contribution in [1.29, 1.82) is 0 Å². The van der Waals surface area contributed by atoms with Crippen LogP contribution in [-0.2, 0) is 14.3 Å². The Morgan fingerprint density at radius 1 is 0.586 bits per heavy atom. The largest absolute Gasteiger partial charge is 0.394 e. The molecule has 58 heavy (non-hydrogen) atoms. The zero-order valence-corrected chi connectivity index (χ0v) is 37.4. The summed E-state index contributed by atoms with van der Waals surface area (Å²) in [5.74, 6) is -0.613. The molecule has 8 atom stereocenters. The van der Waals surface area contributed by atoms with E-state index < -0.39 is 61.5 Å². The van der Waals surface area contributed by atoms with Crippen molar-refractivity contribution in [1.82, 2.24) is 5.32 Å². The van der Waals surface area contributed by atoms with E-state index in [0.29, 0.717) is 6.42 Å². The maximum absolute atomic E-state index is 13.0. The SMILES string of the molecule is CCCCCCCCCCCCC/C=C/C(O)C(COC1O[C@H](CO)[C@H](O)[C@H](O)[C@H]1O)NC(=O)C(O)CCCCCCCCCCCCCCCCCCCCCC. The Hall–Kier alpha value is -1.11. The van der Waals surface area contributed by atoms with Crippen molar-refractivity contribution < 1.29 is 44.9 Å². The highest BCUT2D eigenvalue weighted by Gasteiger charge is 2.44. The highest BCUT2D eigenvalue weighted by atomic mass is 16.7. The van der Waals surface area contributed by atoms with Crippen LogP contribution in [0.1, 0.15) is 226 Å². The average molecular weight is 828 g/mol. The number of allylic oxidation sites excluding steroid dienone is 1. The van der Waals surface area contributed by atoms with Gasteiger partial charge in [-0.25, -0.2) is 0 Å². The van der Waals surface area contributed by atoms with Crippen LogP contribution in [0.15, 0.2) is 12.2 Å². The first kappa shape index (κ1) is 54.9. The highest BCUT2D eigenvalue weighted by Crippen LogP contribution is 2.23. The summed E-state index contributed by atoms with van der Waals surface area (Å²) in [5, 5.41) is 64.7. The quantitative estimate of drug-likeness (QED) is 0.0235. The summed E-state index contributed by atoms with van der Waals surface area (Å²) in [6.07, 6.45) is 34.4.